The minimum Gasteiger partial charge on any atom is -0.476 e. The Labute approximate surface area is 109 Å². The summed E-state index contributed by atoms with van der Waals surface area (Å²) in [6.07, 6.45) is 0.926. The van der Waals surface area contributed by atoms with Crippen molar-refractivity contribution < 1.29 is 9.47 Å². The molecular formula is C13H23N3O2. The molecule has 0 bridgehead atoms. The van der Waals surface area contributed by atoms with E-state index in [9.17, 15) is 0 Å². The van der Waals surface area contributed by atoms with Crippen molar-refractivity contribution >= 4 is 11.5 Å². The number of aromatic nitrogens is 1. The summed E-state index contributed by atoms with van der Waals surface area (Å²) < 4.78 is 10.8. The van der Waals surface area contributed by atoms with E-state index in [2.05, 4.69) is 10.3 Å². The molecule has 18 heavy (non-hydrogen) atoms. The lowest BCUT2D eigenvalue weighted by molar-refractivity contribution is 0.0343. The largest absolute Gasteiger partial charge is 0.476 e. The van der Waals surface area contributed by atoms with Crippen molar-refractivity contribution in [3.63, 3.8) is 0 Å². The number of anilines is 2. The monoisotopic (exact) mass is 253 g/mol. The Morgan fingerprint density at radius 2 is 2.11 bits per heavy atom. The summed E-state index contributed by atoms with van der Waals surface area (Å²) in [6, 6.07) is 3.63. The average molecular weight is 253 g/mol. The predicted octanol–water partition coefficient (Wildman–Crippen LogP) is 2.29. The van der Waals surface area contributed by atoms with Gasteiger partial charge in [-0.25, -0.2) is 0 Å². The van der Waals surface area contributed by atoms with Crippen LogP contribution in [0.5, 0.6) is 5.88 Å². The number of hydrogen-bond acceptors (Lipinski definition) is 5. The van der Waals surface area contributed by atoms with Gasteiger partial charge in [0, 0.05) is 13.7 Å². The van der Waals surface area contributed by atoms with Gasteiger partial charge in [-0.1, -0.05) is 6.92 Å². The Bertz CT molecular complexity index is 380. The minimum atomic E-state index is -0.243. The van der Waals surface area contributed by atoms with Gasteiger partial charge in [-0.3, -0.25) is 0 Å². The van der Waals surface area contributed by atoms with Gasteiger partial charge in [0.25, 0.3) is 0 Å². The number of rotatable bonds is 7. The zero-order valence-electron chi connectivity index (χ0n) is 11.6. The van der Waals surface area contributed by atoms with Crippen molar-refractivity contribution in [2.45, 2.75) is 32.8 Å². The third-order valence-corrected chi connectivity index (χ3v) is 2.58. The van der Waals surface area contributed by atoms with Crippen LogP contribution < -0.4 is 15.8 Å². The molecule has 0 fully saturated rings. The Morgan fingerprint density at radius 3 is 2.72 bits per heavy atom. The van der Waals surface area contributed by atoms with Crippen molar-refractivity contribution in [1.29, 1.82) is 0 Å². The first-order valence-corrected chi connectivity index (χ1v) is 6.17. The van der Waals surface area contributed by atoms with Crippen molar-refractivity contribution in [2.24, 2.45) is 0 Å². The molecule has 102 valence electrons. The topological polar surface area (TPSA) is 69.4 Å². The van der Waals surface area contributed by atoms with Gasteiger partial charge < -0.3 is 20.5 Å². The number of hydrogen-bond donors (Lipinski definition) is 2. The summed E-state index contributed by atoms with van der Waals surface area (Å²) in [4.78, 5) is 4.33. The van der Waals surface area contributed by atoms with E-state index in [1.54, 1.807) is 13.2 Å². The van der Waals surface area contributed by atoms with E-state index >= 15 is 0 Å². The molecule has 1 aromatic rings. The van der Waals surface area contributed by atoms with Crippen LogP contribution in [0.1, 0.15) is 27.2 Å². The smallest absolute Gasteiger partial charge is 0.239 e. The van der Waals surface area contributed by atoms with Crippen molar-refractivity contribution in [1.82, 2.24) is 4.98 Å². The van der Waals surface area contributed by atoms with Gasteiger partial charge in [0.15, 0.2) is 0 Å². The molecule has 0 unspecified atom stereocenters. The first kappa shape index (κ1) is 14.6. The van der Waals surface area contributed by atoms with Crippen LogP contribution in [-0.4, -0.2) is 30.8 Å². The van der Waals surface area contributed by atoms with Gasteiger partial charge in [0.1, 0.15) is 5.82 Å². The zero-order chi connectivity index (χ0) is 13.6. The molecule has 1 aromatic heterocycles. The van der Waals surface area contributed by atoms with Crippen LogP contribution >= 0.6 is 0 Å². The Hall–Kier alpha value is -1.49. The maximum atomic E-state index is 5.80. The Morgan fingerprint density at radius 1 is 1.39 bits per heavy atom. The summed E-state index contributed by atoms with van der Waals surface area (Å²) in [5, 5.41) is 3.21. The fourth-order valence-corrected chi connectivity index (χ4v) is 1.24. The SMILES string of the molecule is CCCOc1nc(NCC(C)(C)OC)ccc1N. The fourth-order valence-electron chi connectivity index (χ4n) is 1.24. The Balaban J connectivity index is 2.67. The molecule has 5 nitrogen and oxygen atoms in total. The van der Waals surface area contributed by atoms with Crippen LogP contribution in [0.4, 0.5) is 11.5 Å². The molecule has 3 N–H and O–H groups in total. The normalized spacial score (nSPS) is 11.3. The van der Waals surface area contributed by atoms with Crippen LogP contribution in [-0.2, 0) is 4.74 Å². The second-order valence-corrected chi connectivity index (χ2v) is 4.76. The average Bonchev–Trinajstić information content (AvgIpc) is 2.36. The quantitative estimate of drug-likeness (QED) is 0.780. The molecule has 0 atom stereocenters. The summed E-state index contributed by atoms with van der Waals surface area (Å²) >= 11 is 0. The molecule has 0 saturated carbocycles. The number of nitrogens with one attached hydrogen (secondary N) is 1. The van der Waals surface area contributed by atoms with Crippen LogP contribution in [0, 0.1) is 0 Å². The van der Waals surface area contributed by atoms with E-state index in [0.29, 0.717) is 24.7 Å². The first-order valence-electron chi connectivity index (χ1n) is 6.17. The highest BCUT2D eigenvalue weighted by Gasteiger charge is 2.16. The molecule has 0 aliphatic heterocycles. The van der Waals surface area contributed by atoms with E-state index in [1.165, 1.54) is 0 Å². The molecule has 1 rings (SSSR count). The molecule has 0 saturated heterocycles. The molecular weight excluding hydrogens is 230 g/mol. The standard InChI is InChI=1S/C13H23N3O2/c1-5-8-18-12-10(14)6-7-11(16-12)15-9-13(2,3)17-4/h6-7H,5,8-9,14H2,1-4H3,(H,15,16). The number of nitrogens with zero attached hydrogens (tertiary/aromatic N) is 1. The molecule has 0 aromatic carbocycles. The molecule has 0 amide bonds. The molecule has 5 heteroatoms. The summed E-state index contributed by atoms with van der Waals surface area (Å²) in [5.74, 6) is 1.22. The van der Waals surface area contributed by atoms with Gasteiger partial charge in [0.2, 0.25) is 5.88 Å². The van der Waals surface area contributed by atoms with Crippen LogP contribution in [0.25, 0.3) is 0 Å². The highest BCUT2D eigenvalue weighted by molar-refractivity contribution is 5.53. The zero-order valence-corrected chi connectivity index (χ0v) is 11.6. The van der Waals surface area contributed by atoms with Gasteiger partial charge in [-0.15, -0.1) is 0 Å². The summed E-state index contributed by atoms with van der Waals surface area (Å²) in [6.45, 7) is 7.33. The van der Waals surface area contributed by atoms with E-state index in [1.807, 2.05) is 26.8 Å². The molecule has 0 aliphatic rings. The highest BCUT2D eigenvalue weighted by atomic mass is 16.5. The lowest BCUT2D eigenvalue weighted by atomic mass is 10.1. The highest BCUT2D eigenvalue weighted by Crippen LogP contribution is 2.21. The summed E-state index contributed by atoms with van der Waals surface area (Å²) in [7, 11) is 1.69. The van der Waals surface area contributed by atoms with E-state index in [-0.39, 0.29) is 5.60 Å². The second-order valence-electron chi connectivity index (χ2n) is 4.76. The van der Waals surface area contributed by atoms with Gasteiger partial charge in [0.05, 0.1) is 17.9 Å². The minimum absolute atomic E-state index is 0.243. The number of nitrogens with two attached hydrogens (primary N) is 1. The van der Waals surface area contributed by atoms with Crippen molar-refractivity contribution in [2.75, 3.05) is 31.3 Å². The fraction of sp³-hybridized carbons (Fsp3) is 0.615. The third-order valence-electron chi connectivity index (χ3n) is 2.58. The molecule has 0 aliphatic carbocycles. The third kappa shape index (κ3) is 4.41. The van der Waals surface area contributed by atoms with Crippen LogP contribution in [0.2, 0.25) is 0 Å². The lowest BCUT2D eigenvalue weighted by Crippen LogP contribution is -2.32. The predicted molar refractivity (Wildman–Crippen MR) is 74.0 cm³/mol. The number of methoxy groups -OCH3 is 1. The number of ether oxygens (including phenoxy) is 2. The first-order chi connectivity index (χ1) is 8.48. The van der Waals surface area contributed by atoms with E-state index in [0.717, 1.165) is 12.2 Å². The maximum absolute atomic E-state index is 5.80. The van der Waals surface area contributed by atoms with E-state index < -0.39 is 0 Å². The number of pyridine rings is 1. The van der Waals surface area contributed by atoms with Crippen molar-refractivity contribution in [3.05, 3.63) is 12.1 Å². The van der Waals surface area contributed by atoms with Gasteiger partial charge >= 0.3 is 0 Å². The van der Waals surface area contributed by atoms with Gasteiger partial charge in [-0.05, 0) is 32.4 Å². The molecule has 1 heterocycles. The summed E-state index contributed by atoms with van der Waals surface area (Å²) in [5.41, 5.74) is 6.11. The molecule has 0 radical (unpaired) electrons. The maximum Gasteiger partial charge on any atom is 0.239 e. The molecule has 0 spiro atoms. The van der Waals surface area contributed by atoms with Crippen LogP contribution in [0.3, 0.4) is 0 Å². The van der Waals surface area contributed by atoms with Gasteiger partial charge in [-0.2, -0.15) is 4.98 Å². The lowest BCUT2D eigenvalue weighted by Gasteiger charge is -2.23. The van der Waals surface area contributed by atoms with Crippen molar-refractivity contribution in [3.8, 4) is 5.88 Å². The van der Waals surface area contributed by atoms with Crippen LogP contribution in [0.15, 0.2) is 12.1 Å². The second kappa shape index (κ2) is 6.44. The number of nitrogen functional groups attached to an aromatic ring is 1. The van der Waals surface area contributed by atoms with E-state index in [4.69, 9.17) is 15.2 Å². The Kier molecular flexibility index (Phi) is 5.22.